The van der Waals surface area contributed by atoms with Crippen molar-refractivity contribution in [1.29, 1.82) is 5.26 Å². The molecule has 0 saturated heterocycles. The number of thioether (sulfide) groups is 1. The molecular formula is C18H25N3O2S. The fourth-order valence-electron chi connectivity index (χ4n) is 3.12. The van der Waals surface area contributed by atoms with E-state index in [0.717, 1.165) is 17.7 Å². The smallest absolute Gasteiger partial charge is 0.230 e. The maximum atomic E-state index is 12.3. The van der Waals surface area contributed by atoms with Crippen molar-refractivity contribution in [1.82, 2.24) is 10.3 Å². The molecule has 2 atom stereocenters. The third kappa shape index (κ3) is 4.96. The van der Waals surface area contributed by atoms with Gasteiger partial charge in [-0.05, 0) is 37.3 Å². The average Bonchev–Trinajstić information content (AvgIpc) is 2.55. The molecule has 2 rings (SSSR count). The summed E-state index contributed by atoms with van der Waals surface area (Å²) in [5.41, 5.74) is 2.15. The van der Waals surface area contributed by atoms with Crippen molar-refractivity contribution < 1.29 is 9.53 Å². The van der Waals surface area contributed by atoms with E-state index in [1.54, 1.807) is 7.11 Å². The van der Waals surface area contributed by atoms with Crippen LogP contribution < -0.4 is 5.32 Å². The van der Waals surface area contributed by atoms with Crippen LogP contribution in [0.5, 0.6) is 0 Å². The lowest BCUT2D eigenvalue weighted by molar-refractivity contribution is -0.119. The highest BCUT2D eigenvalue weighted by atomic mass is 32.2. The van der Waals surface area contributed by atoms with Crippen molar-refractivity contribution in [3.8, 4) is 6.07 Å². The number of carbonyl (C=O) groups excluding carboxylic acids is 1. The molecular weight excluding hydrogens is 322 g/mol. The number of aryl methyl sites for hydroxylation is 1. The highest BCUT2D eigenvalue weighted by Crippen LogP contribution is 2.26. The van der Waals surface area contributed by atoms with Gasteiger partial charge in [0.1, 0.15) is 11.1 Å². The fraction of sp³-hybridized carbons (Fsp3) is 0.611. The molecule has 6 heteroatoms. The lowest BCUT2D eigenvalue weighted by Crippen LogP contribution is -2.41. The second kappa shape index (κ2) is 9.05. The van der Waals surface area contributed by atoms with Gasteiger partial charge in [-0.25, -0.2) is 4.98 Å². The average molecular weight is 347 g/mol. The van der Waals surface area contributed by atoms with E-state index in [2.05, 4.69) is 23.3 Å². The number of nitriles is 1. The Kier molecular flexibility index (Phi) is 7.07. The lowest BCUT2D eigenvalue weighted by atomic mass is 9.86. The van der Waals surface area contributed by atoms with Crippen LogP contribution in [0.15, 0.2) is 11.1 Å². The van der Waals surface area contributed by atoms with Gasteiger partial charge >= 0.3 is 0 Å². The summed E-state index contributed by atoms with van der Waals surface area (Å²) in [6, 6.07) is 4.33. The zero-order valence-electron chi connectivity index (χ0n) is 14.6. The number of aromatic nitrogens is 1. The Hall–Kier alpha value is -1.58. The third-order valence-electron chi connectivity index (χ3n) is 4.41. The Balaban J connectivity index is 2.00. The van der Waals surface area contributed by atoms with Gasteiger partial charge in [0.05, 0.1) is 17.9 Å². The number of nitrogens with one attached hydrogen (secondary N) is 1. The van der Waals surface area contributed by atoms with Gasteiger partial charge in [-0.3, -0.25) is 4.79 Å². The first-order valence-electron chi connectivity index (χ1n) is 8.36. The van der Waals surface area contributed by atoms with E-state index >= 15 is 0 Å². The number of hydrogen-bond donors (Lipinski definition) is 1. The number of amides is 1. The predicted molar refractivity (Wildman–Crippen MR) is 94.7 cm³/mol. The number of hydrogen-bond acceptors (Lipinski definition) is 5. The van der Waals surface area contributed by atoms with E-state index in [1.807, 2.05) is 13.0 Å². The van der Waals surface area contributed by atoms with Crippen LogP contribution in [0.2, 0.25) is 0 Å². The van der Waals surface area contributed by atoms with Gasteiger partial charge < -0.3 is 10.1 Å². The van der Waals surface area contributed by atoms with Crippen molar-refractivity contribution in [3.05, 3.63) is 22.9 Å². The van der Waals surface area contributed by atoms with Crippen LogP contribution >= 0.6 is 11.8 Å². The third-order valence-corrected chi connectivity index (χ3v) is 5.38. The molecule has 1 aliphatic carbocycles. The summed E-state index contributed by atoms with van der Waals surface area (Å²) in [5, 5.41) is 13.2. The second-order valence-corrected chi connectivity index (χ2v) is 7.34. The molecule has 1 aliphatic rings. The highest BCUT2D eigenvalue weighted by molar-refractivity contribution is 8.00. The topological polar surface area (TPSA) is 75.0 Å². The van der Waals surface area contributed by atoms with Gasteiger partial charge in [-0.15, -0.1) is 0 Å². The summed E-state index contributed by atoms with van der Waals surface area (Å²) in [5.74, 6) is 0.827. The molecule has 0 radical (unpaired) electrons. The second-order valence-electron chi connectivity index (χ2n) is 6.37. The number of methoxy groups -OCH3 is 1. The molecule has 0 aromatic carbocycles. The van der Waals surface area contributed by atoms with Gasteiger partial charge in [0.15, 0.2) is 0 Å². The quantitative estimate of drug-likeness (QED) is 0.800. The molecule has 5 nitrogen and oxygen atoms in total. The van der Waals surface area contributed by atoms with Gasteiger partial charge in [-0.1, -0.05) is 31.5 Å². The molecule has 24 heavy (non-hydrogen) atoms. The van der Waals surface area contributed by atoms with E-state index in [9.17, 15) is 10.1 Å². The molecule has 1 amide bonds. The van der Waals surface area contributed by atoms with E-state index < -0.39 is 0 Å². The molecule has 1 aromatic rings. The lowest BCUT2D eigenvalue weighted by Gasteiger charge is -2.29. The summed E-state index contributed by atoms with van der Waals surface area (Å²) in [6.45, 7) is 4.45. The molecule has 1 heterocycles. The van der Waals surface area contributed by atoms with Crippen LogP contribution in [0.25, 0.3) is 0 Å². The van der Waals surface area contributed by atoms with E-state index in [0.29, 0.717) is 23.1 Å². The number of rotatable bonds is 6. The Morgan fingerprint density at radius 2 is 2.25 bits per heavy atom. The minimum Gasteiger partial charge on any atom is -0.380 e. The normalized spacial score (nSPS) is 20.4. The first-order valence-corrected chi connectivity index (χ1v) is 9.35. The minimum atomic E-state index is 0.0132. The van der Waals surface area contributed by atoms with E-state index in [1.165, 1.54) is 31.0 Å². The van der Waals surface area contributed by atoms with Crippen molar-refractivity contribution in [3.63, 3.8) is 0 Å². The number of nitrogens with zero attached hydrogens (tertiary/aromatic N) is 2. The van der Waals surface area contributed by atoms with Gasteiger partial charge in [0.2, 0.25) is 5.91 Å². The number of pyridine rings is 1. The van der Waals surface area contributed by atoms with Crippen molar-refractivity contribution >= 4 is 17.7 Å². The summed E-state index contributed by atoms with van der Waals surface area (Å²) in [4.78, 5) is 16.7. The molecule has 0 bridgehead atoms. The summed E-state index contributed by atoms with van der Waals surface area (Å²) < 4.78 is 5.15. The van der Waals surface area contributed by atoms with Crippen LogP contribution in [0.1, 0.15) is 49.4 Å². The minimum absolute atomic E-state index is 0.0132. The van der Waals surface area contributed by atoms with Crippen LogP contribution in [0.3, 0.4) is 0 Å². The SMILES string of the molecule is COCc1cc(C)nc(SCC(=O)N[C@@H]2CCCC[C@H]2C)c1C#N. The van der Waals surface area contributed by atoms with Gasteiger partial charge in [-0.2, -0.15) is 5.26 Å². The molecule has 0 spiro atoms. The van der Waals surface area contributed by atoms with Crippen molar-refractivity contribution in [2.75, 3.05) is 12.9 Å². The Morgan fingerprint density at radius 3 is 2.92 bits per heavy atom. The zero-order valence-corrected chi connectivity index (χ0v) is 15.4. The van der Waals surface area contributed by atoms with Crippen LogP contribution in [-0.4, -0.2) is 29.8 Å². The van der Waals surface area contributed by atoms with Gasteiger partial charge in [0.25, 0.3) is 0 Å². The Morgan fingerprint density at radius 1 is 1.50 bits per heavy atom. The van der Waals surface area contributed by atoms with Crippen molar-refractivity contribution in [2.24, 2.45) is 5.92 Å². The van der Waals surface area contributed by atoms with Gasteiger partial charge in [0, 0.05) is 18.8 Å². The zero-order chi connectivity index (χ0) is 17.5. The van der Waals surface area contributed by atoms with Crippen LogP contribution in [0.4, 0.5) is 0 Å². The molecule has 0 aliphatic heterocycles. The van der Waals surface area contributed by atoms with E-state index in [4.69, 9.17) is 4.74 Å². The number of ether oxygens (including phenoxy) is 1. The molecule has 1 fully saturated rings. The van der Waals surface area contributed by atoms with Crippen LogP contribution in [-0.2, 0) is 16.1 Å². The molecule has 1 saturated carbocycles. The molecule has 1 aromatic heterocycles. The maximum Gasteiger partial charge on any atom is 0.230 e. The maximum absolute atomic E-state index is 12.3. The summed E-state index contributed by atoms with van der Waals surface area (Å²) >= 11 is 1.32. The van der Waals surface area contributed by atoms with E-state index in [-0.39, 0.29) is 17.7 Å². The fourth-order valence-corrected chi connectivity index (χ4v) is 4.00. The van der Waals surface area contributed by atoms with Crippen molar-refractivity contribution in [2.45, 2.75) is 57.2 Å². The summed E-state index contributed by atoms with van der Waals surface area (Å²) in [6.07, 6.45) is 4.67. The molecule has 1 N–H and O–H groups in total. The predicted octanol–water partition coefficient (Wildman–Crippen LogP) is 3.20. The Bertz CT molecular complexity index is 627. The monoisotopic (exact) mass is 347 g/mol. The van der Waals surface area contributed by atoms with Crippen LogP contribution in [0, 0.1) is 24.2 Å². The first-order chi connectivity index (χ1) is 11.5. The number of carbonyl (C=O) groups is 1. The molecule has 130 valence electrons. The first kappa shape index (κ1) is 18.8. The highest BCUT2D eigenvalue weighted by Gasteiger charge is 2.23. The summed E-state index contributed by atoms with van der Waals surface area (Å²) in [7, 11) is 1.60. The standard InChI is InChI=1S/C18H25N3O2S/c1-12-6-4-5-7-16(12)21-17(22)11-24-18-15(9-19)14(10-23-3)8-13(2)20-18/h8,12,16H,4-7,10-11H2,1-3H3,(H,21,22)/t12-,16-/m1/s1. The molecule has 0 unspecified atom stereocenters. The largest absolute Gasteiger partial charge is 0.380 e. The Labute approximate surface area is 148 Å².